The molecule has 9 heteroatoms. The van der Waals surface area contributed by atoms with Gasteiger partial charge in [0.2, 0.25) is 10.0 Å². The van der Waals surface area contributed by atoms with E-state index in [-0.39, 0.29) is 24.0 Å². The standard InChI is InChI=1S/C19H33N5O2S.HI/c1-5-20-18(21-15-19(2,3)23-27(4,25)26)22-16-10-9-13-24(14-16)17-11-7-6-8-12-17;/h6-8,11-12,16,23H,5,9-10,13-15H2,1-4H3,(H2,20,21,22);1H. The molecule has 28 heavy (non-hydrogen) atoms. The van der Waals surface area contributed by atoms with Gasteiger partial charge in [-0.1, -0.05) is 18.2 Å². The number of piperidine rings is 1. The van der Waals surface area contributed by atoms with Gasteiger partial charge in [-0.05, 0) is 45.7 Å². The van der Waals surface area contributed by atoms with Crippen LogP contribution >= 0.6 is 24.0 Å². The molecule has 1 fully saturated rings. The monoisotopic (exact) mass is 523 g/mol. The fraction of sp³-hybridized carbons (Fsp3) is 0.632. The van der Waals surface area contributed by atoms with Crippen LogP contribution in [0.15, 0.2) is 35.3 Å². The van der Waals surface area contributed by atoms with Crippen molar-refractivity contribution in [3.05, 3.63) is 30.3 Å². The van der Waals surface area contributed by atoms with Crippen LogP contribution in [-0.2, 0) is 10.0 Å². The van der Waals surface area contributed by atoms with Gasteiger partial charge in [-0.2, -0.15) is 0 Å². The lowest BCUT2D eigenvalue weighted by molar-refractivity contribution is 0.454. The summed E-state index contributed by atoms with van der Waals surface area (Å²) >= 11 is 0. The minimum Gasteiger partial charge on any atom is -0.369 e. The number of nitrogens with one attached hydrogen (secondary N) is 3. The molecule has 0 spiro atoms. The largest absolute Gasteiger partial charge is 0.369 e. The van der Waals surface area contributed by atoms with Crippen molar-refractivity contribution in [1.29, 1.82) is 0 Å². The van der Waals surface area contributed by atoms with Crippen LogP contribution < -0.4 is 20.3 Å². The van der Waals surface area contributed by atoms with E-state index in [4.69, 9.17) is 0 Å². The maximum absolute atomic E-state index is 11.5. The van der Waals surface area contributed by atoms with Gasteiger partial charge in [0.05, 0.1) is 12.8 Å². The molecule has 0 aliphatic carbocycles. The number of benzene rings is 1. The first kappa shape index (κ1) is 25.0. The number of guanidine groups is 1. The number of sulfonamides is 1. The number of halogens is 1. The molecule has 1 aliphatic rings. The number of rotatable bonds is 7. The molecule has 0 amide bonds. The van der Waals surface area contributed by atoms with E-state index in [9.17, 15) is 8.42 Å². The molecule has 1 heterocycles. The summed E-state index contributed by atoms with van der Waals surface area (Å²) in [5.41, 5.74) is 0.600. The summed E-state index contributed by atoms with van der Waals surface area (Å²) in [6, 6.07) is 10.7. The van der Waals surface area contributed by atoms with E-state index >= 15 is 0 Å². The Hall–Kier alpha value is -1.07. The van der Waals surface area contributed by atoms with Gasteiger partial charge in [-0.3, -0.25) is 4.99 Å². The molecule has 0 bridgehead atoms. The van der Waals surface area contributed by atoms with Gasteiger partial charge in [0.1, 0.15) is 0 Å². The highest BCUT2D eigenvalue weighted by atomic mass is 127. The van der Waals surface area contributed by atoms with E-state index in [1.165, 1.54) is 11.9 Å². The second-order valence-electron chi connectivity index (χ2n) is 7.72. The highest BCUT2D eigenvalue weighted by molar-refractivity contribution is 14.0. The molecule has 1 aromatic carbocycles. The lowest BCUT2D eigenvalue weighted by Gasteiger charge is -2.35. The third kappa shape index (κ3) is 8.95. The Kier molecular flexibility index (Phi) is 9.99. The van der Waals surface area contributed by atoms with Gasteiger partial charge in [0.15, 0.2) is 5.96 Å². The second-order valence-corrected chi connectivity index (χ2v) is 9.47. The molecule has 0 radical (unpaired) electrons. The minimum atomic E-state index is -3.27. The summed E-state index contributed by atoms with van der Waals surface area (Å²) in [7, 11) is -3.27. The Morgan fingerprint density at radius 3 is 2.57 bits per heavy atom. The van der Waals surface area contributed by atoms with Crippen molar-refractivity contribution >= 4 is 45.6 Å². The summed E-state index contributed by atoms with van der Waals surface area (Å²) in [6.45, 7) is 8.76. The fourth-order valence-electron chi connectivity index (χ4n) is 3.29. The summed E-state index contributed by atoms with van der Waals surface area (Å²) in [5, 5.41) is 6.78. The number of para-hydroxylation sites is 1. The van der Waals surface area contributed by atoms with Crippen LogP contribution in [0.4, 0.5) is 5.69 Å². The van der Waals surface area contributed by atoms with Crippen LogP contribution in [0.5, 0.6) is 0 Å². The van der Waals surface area contributed by atoms with Gasteiger partial charge in [-0.15, -0.1) is 24.0 Å². The predicted molar refractivity (Wildman–Crippen MR) is 128 cm³/mol. The molecular weight excluding hydrogens is 489 g/mol. The van der Waals surface area contributed by atoms with Crippen molar-refractivity contribution in [2.75, 3.05) is 37.3 Å². The molecule has 0 aromatic heterocycles. The lowest BCUT2D eigenvalue weighted by atomic mass is 10.0. The minimum absolute atomic E-state index is 0. The highest BCUT2D eigenvalue weighted by Gasteiger charge is 2.23. The Morgan fingerprint density at radius 2 is 1.96 bits per heavy atom. The third-order valence-electron chi connectivity index (χ3n) is 4.32. The molecule has 0 saturated carbocycles. The number of aliphatic imine (C=N–C) groups is 1. The third-order valence-corrected chi connectivity index (χ3v) is 5.25. The van der Waals surface area contributed by atoms with Crippen molar-refractivity contribution in [3.63, 3.8) is 0 Å². The maximum Gasteiger partial charge on any atom is 0.209 e. The van der Waals surface area contributed by atoms with Crippen LogP contribution in [0, 0.1) is 0 Å². The molecule has 1 atom stereocenters. The molecule has 2 rings (SSSR count). The zero-order valence-corrected chi connectivity index (χ0v) is 20.4. The zero-order chi connectivity index (χ0) is 19.9. The van der Waals surface area contributed by atoms with Gasteiger partial charge in [0.25, 0.3) is 0 Å². The van der Waals surface area contributed by atoms with Crippen LogP contribution in [-0.4, -0.2) is 58.4 Å². The van der Waals surface area contributed by atoms with Gasteiger partial charge in [-0.25, -0.2) is 13.1 Å². The SMILES string of the molecule is CCNC(=NCC(C)(C)NS(C)(=O)=O)NC1CCCN(c2ccccc2)C1.I. The van der Waals surface area contributed by atoms with Crippen molar-refractivity contribution < 1.29 is 8.42 Å². The van der Waals surface area contributed by atoms with Crippen molar-refractivity contribution in [2.24, 2.45) is 4.99 Å². The average Bonchev–Trinajstić information content (AvgIpc) is 2.59. The van der Waals surface area contributed by atoms with Crippen LogP contribution in [0.2, 0.25) is 0 Å². The quantitative estimate of drug-likeness (QED) is 0.290. The van der Waals surface area contributed by atoms with Crippen LogP contribution in [0.25, 0.3) is 0 Å². The topological polar surface area (TPSA) is 85.8 Å². The van der Waals surface area contributed by atoms with Gasteiger partial charge >= 0.3 is 0 Å². The normalized spacial score (nSPS) is 18.4. The van der Waals surface area contributed by atoms with E-state index in [0.29, 0.717) is 12.6 Å². The van der Waals surface area contributed by atoms with Gasteiger partial charge in [0, 0.05) is 36.9 Å². The first-order chi connectivity index (χ1) is 12.7. The van der Waals surface area contributed by atoms with Crippen LogP contribution in [0.1, 0.15) is 33.6 Å². The van der Waals surface area contributed by atoms with E-state index in [1.807, 2.05) is 26.8 Å². The van der Waals surface area contributed by atoms with Crippen molar-refractivity contribution in [1.82, 2.24) is 15.4 Å². The van der Waals surface area contributed by atoms with E-state index in [2.05, 4.69) is 49.5 Å². The second kappa shape index (κ2) is 11.2. The highest BCUT2D eigenvalue weighted by Crippen LogP contribution is 2.19. The first-order valence-corrected chi connectivity index (χ1v) is 11.4. The summed E-state index contributed by atoms with van der Waals surface area (Å²) in [4.78, 5) is 7.00. The molecule has 3 N–H and O–H groups in total. The van der Waals surface area contributed by atoms with Crippen molar-refractivity contribution in [3.8, 4) is 0 Å². The number of hydrogen-bond acceptors (Lipinski definition) is 4. The number of anilines is 1. The smallest absolute Gasteiger partial charge is 0.209 e. The van der Waals surface area contributed by atoms with Crippen molar-refractivity contribution in [2.45, 2.75) is 45.2 Å². The molecule has 1 saturated heterocycles. The van der Waals surface area contributed by atoms with E-state index < -0.39 is 15.6 Å². The van der Waals surface area contributed by atoms with Crippen LogP contribution in [0.3, 0.4) is 0 Å². The Morgan fingerprint density at radius 1 is 1.29 bits per heavy atom. The Balaban J connectivity index is 0.00000392. The Labute approximate surface area is 186 Å². The fourth-order valence-corrected chi connectivity index (χ4v) is 4.36. The first-order valence-electron chi connectivity index (χ1n) is 9.52. The van der Waals surface area contributed by atoms with E-state index in [0.717, 1.165) is 38.4 Å². The summed E-state index contributed by atoms with van der Waals surface area (Å²) in [5.74, 6) is 0.723. The molecular formula is C19H34IN5O2S. The molecule has 1 unspecified atom stereocenters. The maximum atomic E-state index is 11.5. The molecule has 1 aromatic rings. The zero-order valence-electron chi connectivity index (χ0n) is 17.2. The Bertz CT molecular complexity index is 725. The summed E-state index contributed by atoms with van der Waals surface area (Å²) in [6.07, 6.45) is 3.37. The van der Waals surface area contributed by atoms with E-state index in [1.54, 1.807) is 0 Å². The molecule has 7 nitrogen and oxygen atoms in total. The lowest BCUT2D eigenvalue weighted by Crippen LogP contribution is -2.52. The predicted octanol–water partition coefficient (Wildman–Crippen LogP) is 2.16. The average molecular weight is 523 g/mol. The molecule has 160 valence electrons. The van der Waals surface area contributed by atoms with Gasteiger partial charge < -0.3 is 15.5 Å². The molecule has 1 aliphatic heterocycles. The number of nitrogens with zero attached hydrogens (tertiary/aromatic N) is 2. The summed E-state index contributed by atoms with van der Waals surface area (Å²) < 4.78 is 25.6. The number of hydrogen-bond donors (Lipinski definition) is 3.